The first-order valence-corrected chi connectivity index (χ1v) is 18.7. The number of hydroxylamine groups is 2. The van der Waals surface area contributed by atoms with Crippen molar-refractivity contribution in [3.63, 3.8) is 0 Å². The number of hydrogen-bond acceptors (Lipinski definition) is 9. The lowest BCUT2D eigenvalue weighted by Gasteiger charge is -2.33. The molecule has 2 heterocycles. The van der Waals surface area contributed by atoms with Crippen LogP contribution in [0.2, 0.25) is 20.1 Å². The number of hydrogen-bond donors (Lipinski definition) is 2. The first-order chi connectivity index (χ1) is 21.6. The maximum atomic E-state index is 13.8. The van der Waals surface area contributed by atoms with Gasteiger partial charge in [0.15, 0.2) is 0 Å². The Morgan fingerprint density at radius 1 is 0.848 bits per heavy atom. The van der Waals surface area contributed by atoms with Crippen molar-refractivity contribution in [1.29, 1.82) is 0 Å². The highest BCUT2D eigenvalue weighted by molar-refractivity contribution is 14.1. The van der Waals surface area contributed by atoms with Gasteiger partial charge in [-0.3, -0.25) is 9.59 Å². The van der Waals surface area contributed by atoms with Crippen LogP contribution in [0, 0.1) is 14.3 Å². The Balaban J connectivity index is 1.55. The van der Waals surface area contributed by atoms with Gasteiger partial charge in [0.2, 0.25) is 0 Å². The molecule has 0 bridgehead atoms. The highest BCUT2D eigenvalue weighted by Gasteiger charge is 2.40. The van der Waals surface area contributed by atoms with Crippen LogP contribution in [0.25, 0.3) is 0 Å². The molecule has 0 atom stereocenters. The van der Waals surface area contributed by atoms with Gasteiger partial charge in [0, 0.05) is 35.4 Å². The SMILES string of the molecule is O=C(CCCOC(=O)c1c(Cl)c(Cl)c(Cl)c(Cl)c1C1c2cc(I)c(O)c(I)c2Oc2c1cc(I)c(O)c2I)ON1C(=O)CCC1=O. The summed E-state index contributed by atoms with van der Waals surface area (Å²) in [4.78, 5) is 54.2. The lowest BCUT2D eigenvalue weighted by atomic mass is 9.80. The van der Waals surface area contributed by atoms with Crippen molar-refractivity contribution < 1.29 is 43.7 Å². The minimum atomic E-state index is -0.931. The number of benzene rings is 3. The molecule has 0 saturated carbocycles. The summed E-state index contributed by atoms with van der Waals surface area (Å²) in [6.07, 6.45) is -0.369. The number of imide groups is 1. The van der Waals surface area contributed by atoms with Crippen molar-refractivity contribution in [2.24, 2.45) is 0 Å². The summed E-state index contributed by atoms with van der Waals surface area (Å²) < 4.78 is 13.5. The van der Waals surface area contributed by atoms with Crippen molar-refractivity contribution in [3.05, 3.63) is 68.8 Å². The zero-order valence-electron chi connectivity index (χ0n) is 22.5. The topological polar surface area (TPSA) is 140 Å². The van der Waals surface area contributed by atoms with E-state index in [1.807, 2.05) is 90.4 Å². The Morgan fingerprint density at radius 3 is 1.87 bits per heavy atom. The van der Waals surface area contributed by atoms with Gasteiger partial charge in [-0.15, -0.1) is 5.06 Å². The summed E-state index contributed by atoms with van der Waals surface area (Å²) in [6.45, 7) is -0.280. The van der Waals surface area contributed by atoms with Gasteiger partial charge in [-0.1, -0.05) is 46.4 Å². The number of amides is 2. The van der Waals surface area contributed by atoms with Crippen LogP contribution < -0.4 is 4.74 Å². The second-order valence-electron chi connectivity index (χ2n) is 9.74. The second-order valence-corrected chi connectivity index (χ2v) is 15.7. The van der Waals surface area contributed by atoms with E-state index < -0.39 is 29.7 Å². The van der Waals surface area contributed by atoms with E-state index >= 15 is 0 Å². The van der Waals surface area contributed by atoms with Crippen LogP contribution in [-0.2, 0) is 24.0 Å². The predicted molar refractivity (Wildman–Crippen MR) is 201 cm³/mol. The molecule has 18 heteroatoms. The molecule has 46 heavy (non-hydrogen) atoms. The molecule has 0 aromatic heterocycles. The van der Waals surface area contributed by atoms with Gasteiger partial charge in [0.05, 0.1) is 53.0 Å². The molecule has 2 aliphatic heterocycles. The minimum Gasteiger partial charge on any atom is -0.506 e. The van der Waals surface area contributed by atoms with Crippen molar-refractivity contribution >= 4 is 161 Å². The molecule has 0 aliphatic carbocycles. The fourth-order valence-corrected chi connectivity index (χ4v) is 9.53. The lowest BCUT2D eigenvalue weighted by molar-refractivity contribution is -0.197. The average Bonchev–Trinajstić information content (AvgIpc) is 3.33. The highest BCUT2D eigenvalue weighted by Crippen LogP contribution is 2.57. The molecule has 0 unspecified atom stereocenters. The Kier molecular flexibility index (Phi) is 11.6. The first kappa shape index (κ1) is 36.5. The van der Waals surface area contributed by atoms with Crippen LogP contribution in [0.5, 0.6) is 23.0 Å². The largest absolute Gasteiger partial charge is 0.506 e. The Bertz CT molecular complexity index is 1790. The standard InChI is InChI=1S/C28H15Cl4I4NO9/c29-18-16(15-8-6-10(33)24(41)22(35)26(8)45-27-9(15)7-11(34)25(42)23(27)36)17(19(30)21(32)20(18)31)28(43)44-5-1-2-14(40)46-37-12(38)3-4-13(37)39/h6-7,15,41-42H,1-5H2. The maximum absolute atomic E-state index is 13.8. The quantitative estimate of drug-likeness (QED) is 0.0464. The van der Waals surface area contributed by atoms with Crippen LogP contribution >= 0.6 is 137 Å². The summed E-state index contributed by atoms with van der Waals surface area (Å²) >= 11 is 34.3. The molecule has 3 aromatic carbocycles. The number of phenols is 2. The van der Waals surface area contributed by atoms with E-state index in [9.17, 15) is 29.4 Å². The van der Waals surface area contributed by atoms with Gasteiger partial charge < -0.3 is 24.5 Å². The Labute approximate surface area is 335 Å². The molecule has 2 N–H and O–H groups in total. The van der Waals surface area contributed by atoms with Crippen molar-refractivity contribution in [2.75, 3.05) is 6.61 Å². The van der Waals surface area contributed by atoms with Gasteiger partial charge >= 0.3 is 11.9 Å². The minimum absolute atomic E-state index is 0.0168. The summed E-state index contributed by atoms with van der Waals surface area (Å²) in [6, 6.07) is 3.35. The fraction of sp³-hybridized carbons (Fsp3) is 0.214. The highest BCUT2D eigenvalue weighted by atomic mass is 127. The van der Waals surface area contributed by atoms with Gasteiger partial charge in [0.1, 0.15) is 23.0 Å². The van der Waals surface area contributed by atoms with Crippen LogP contribution in [0.4, 0.5) is 0 Å². The number of ether oxygens (including phenoxy) is 2. The van der Waals surface area contributed by atoms with Crippen molar-refractivity contribution in [2.45, 2.75) is 31.6 Å². The number of aromatic hydroxyl groups is 2. The third-order valence-electron chi connectivity index (χ3n) is 6.94. The molecule has 1 saturated heterocycles. The molecule has 3 aromatic rings. The molecule has 5 rings (SSSR count). The van der Waals surface area contributed by atoms with E-state index in [1.54, 1.807) is 12.1 Å². The smallest absolute Gasteiger partial charge is 0.340 e. The van der Waals surface area contributed by atoms with Gasteiger partial charge in [0.25, 0.3) is 11.8 Å². The van der Waals surface area contributed by atoms with Crippen LogP contribution in [0.1, 0.15) is 58.6 Å². The molecule has 0 spiro atoms. The number of esters is 1. The zero-order chi connectivity index (χ0) is 33.8. The predicted octanol–water partition coefficient (Wildman–Crippen LogP) is 8.96. The van der Waals surface area contributed by atoms with E-state index in [0.717, 1.165) is 0 Å². The number of fused-ring (bicyclic) bond motifs is 2. The normalized spacial score (nSPS) is 14.2. The van der Waals surface area contributed by atoms with E-state index in [4.69, 9.17) is 60.7 Å². The van der Waals surface area contributed by atoms with E-state index in [1.165, 1.54) is 0 Å². The summed E-state index contributed by atoms with van der Waals surface area (Å²) in [5.41, 5.74) is 0.958. The zero-order valence-corrected chi connectivity index (χ0v) is 34.1. The van der Waals surface area contributed by atoms with Gasteiger partial charge in [-0.25, -0.2) is 9.59 Å². The fourth-order valence-electron chi connectivity index (χ4n) is 4.81. The number of carbonyl (C=O) groups is 4. The van der Waals surface area contributed by atoms with E-state index in [0.29, 0.717) is 30.5 Å². The number of rotatable bonds is 7. The van der Waals surface area contributed by atoms with E-state index in [2.05, 4.69) is 0 Å². The van der Waals surface area contributed by atoms with Gasteiger partial charge in [-0.2, -0.15) is 0 Å². The summed E-state index contributed by atoms with van der Waals surface area (Å²) in [7, 11) is 0. The maximum Gasteiger partial charge on any atom is 0.340 e. The number of carbonyl (C=O) groups excluding carboxylic acids is 4. The first-order valence-electron chi connectivity index (χ1n) is 12.8. The third-order valence-corrected chi connectivity index (χ3v) is 12.4. The van der Waals surface area contributed by atoms with Gasteiger partial charge in [-0.05, 0) is 109 Å². The third kappa shape index (κ3) is 6.70. The number of nitrogens with zero attached hydrogens (tertiary/aromatic N) is 1. The molecule has 0 radical (unpaired) electrons. The molecular weight excluding hydrogens is 1140 g/mol. The molecular formula is C28H15Cl4I4NO9. The summed E-state index contributed by atoms with van der Waals surface area (Å²) in [5.74, 6) is -3.41. The Hall–Kier alpha value is -0.780. The molecule has 10 nitrogen and oxygen atoms in total. The molecule has 1 fully saturated rings. The van der Waals surface area contributed by atoms with Crippen LogP contribution in [-0.4, -0.2) is 45.6 Å². The monoisotopic (exact) mass is 1160 g/mol. The summed E-state index contributed by atoms with van der Waals surface area (Å²) in [5, 5.41) is 21.3. The second kappa shape index (κ2) is 14.6. The van der Waals surface area contributed by atoms with Crippen LogP contribution in [0.3, 0.4) is 0 Å². The molecule has 2 aliphatic rings. The average molecular weight is 1160 g/mol. The van der Waals surface area contributed by atoms with E-state index in [-0.39, 0.29) is 86.5 Å². The Morgan fingerprint density at radius 2 is 1.35 bits per heavy atom. The number of phenolic OH excluding ortho intramolecular Hbond substituents is 2. The van der Waals surface area contributed by atoms with Crippen molar-refractivity contribution in [1.82, 2.24) is 5.06 Å². The molecule has 242 valence electrons. The lowest BCUT2D eigenvalue weighted by Crippen LogP contribution is -2.32. The van der Waals surface area contributed by atoms with Crippen molar-refractivity contribution in [3.8, 4) is 23.0 Å². The molecule has 2 amide bonds. The van der Waals surface area contributed by atoms with Crippen LogP contribution in [0.15, 0.2) is 12.1 Å². The number of halogens is 8.